The highest BCUT2D eigenvalue weighted by Crippen LogP contribution is 2.28. The predicted octanol–water partition coefficient (Wildman–Crippen LogP) is 5.68. The SMILES string of the molecule is O=C(/C=C/c1c(Cl)cccc1Cl)Nc1nc(-c2cccc([N+](=O)[O-])c2)cs1. The van der Waals surface area contributed by atoms with Gasteiger partial charge < -0.3 is 0 Å². The van der Waals surface area contributed by atoms with Crippen molar-refractivity contribution in [2.24, 2.45) is 0 Å². The maximum absolute atomic E-state index is 12.1. The van der Waals surface area contributed by atoms with Crippen molar-refractivity contribution < 1.29 is 9.72 Å². The lowest BCUT2D eigenvalue weighted by Gasteiger charge is -2.01. The molecule has 1 N–H and O–H groups in total. The van der Waals surface area contributed by atoms with Crippen LogP contribution in [0.4, 0.5) is 10.8 Å². The van der Waals surface area contributed by atoms with Crippen LogP contribution in [-0.2, 0) is 4.79 Å². The van der Waals surface area contributed by atoms with Gasteiger partial charge in [-0.05, 0) is 18.2 Å². The number of nitro benzene ring substituents is 1. The summed E-state index contributed by atoms with van der Waals surface area (Å²) >= 11 is 13.3. The normalized spacial score (nSPS) is 10.9. The third-order valence-corrected chi connectivity index (χ3v) is 4.91. The van der Waals surface area contributed by atoms with Crippen molar-refractivity contribution in [1.29, 1.82) is 0 Å². The smallest absolute Gasteiger partial charge is 0.270 e. The standard InChI is InChI=1S/C18H11Cl2N3O3S/c19-14-5-2-6-15(20)13(14)7-8-17(24)22-18-21-16(10-27-18)11-3-1-4-12(9-11)23(25)26/h1-10H,(H,21,22,24)/b8-7+. The third kappa shape index (κ3) is 4.71. The minimum absolute atomic E-state index is 0.0226. The first-order valence-corrected chi connectivity index (χ1v) is 9.21. The van der Waals surface area contributed by atoms with Crippen LogP contribution in [0.1, 0.15) is 5.56 Å². The van der Waals surface area contributed by atoms with E-state index in [9.17, 15) is 14.9 Å². The van der Waals surface area contributed by atoms with Gasteiger partial charge in [0.2, 0.25) is 5.91 Å². The second kappa shape index (κ2) is 8.30. The Kier molecular flexibility index (Phi) is 5.85. The van der Waals surface area contributed by atoms with Gasteiger partial charge in [0.1, 0.15) is 0 Å². The van der Waals surface area contributed by atoms with E-state index in [1.807, 2.05) is 0 Å². The average Bonchev–Trinajstić information content (AvgIpc) is 3.10. The van der Waals surface area contributed by atoms with Gasteiger partial charge in [-0.1, -0.05) is 41.4 Å². The summed E-state index contributed by atoms with van der Waals surface area (Å²) in [6.45, 7) is 0. The van der Waals surface area contributed by atoms with Gasteiger partial charge in [-0.15, -0.1) is 11.3 Å². The monoisotopic (exact) mass is 419 g/mol. The molecule has 0 bridgehead atoms. The van der Waals surface area contributed by atoms with Crippen molar-refractivity contribution in [3.05, 3.63) is 79.6 Å². The van der Waals surface area contributed by atoms with Crippen LogP contribution >= 0.6 is 34.5 Å². The molecule has 6 nitrogen and oxygen atoms in total. The Morgan fingerprint density at radius 3 is 2.59 bits per heavy atom. The molecule has 9 heteroatoms. The molecular weight excluding hydrogens is 409 g/mol. The molecule has 0 aliphatic rings. The number of nitro groups is 1. The molecule has 0 spiro atoms. The van der Waals surface area contributed by atoms with E-state index in [0.29, 0.717) is 32.0 Å². The van der Waals surface area contributed by atoms with Crippen molar-refractivity contribution >= 4 is 57.3 Å². The van der Waals surface area contributed by atoms with Gasteiger partial charge in [0, 0.05) is 44.8 Å². The molecule has 0 fully saturated rings. The number of anilines is 1. The van der Waals surface area contributed by atoms with Gasteiger partial charge in [-0.3, -0.25) is 20.2 Å². The number of hydrogen-bond acceptors (Lipinski definition) is 5. The van der Waals surface area contributed by atoms with E-state index in [0.717, 1.165) is 0 Å². The number of carbonyl (C=O) groups excluding carboxylic acids is 1. The minimum Gasteiger partial charge on any atom is -0.298 e. The molecule has 2 aromatic carbocycles. The molecule has 3 rings (SSSR count). The molecule has 3 aromatic rings. The number of nitrogens with zero attached hydrogens (tertiary/aromatic N) is 2. The van der Waals surface area contributed by atoms with Crippen LogP contribution in [0.25, 0.3) is 17.3 Å². The average molecular weight is 420 g/mol. The Morgan fingerprint density at radius 1 is 1.19 bits per heavy atom. The van der Waals surface area contributed by atoms with Gasteiger partial charge >= 0.3 is 0 Å². The lowest BCUT2D eigenvalue weighted by molar-refractivity contribution is -0.384. The lowest BCUT2D eigenvalue weighted by Crippen LogP contribution is -2.07. The summed E-state index contributed by atoms with van der Waals surface area (Å²) < 4.78 is 0. The number of amides is 1. The van der Waals surface area contributed by atoms with Crippen LogP contribution in [0.3, 0.4) is 0 Å². The molecule has 1 amide bonds. The van der Waals surface area contributed by atoms with Crippen molar-refractivity contribution in [3.8, 4) is 11.3 Å². The summed E-state index contributed by atoms with van der Waals surface area (Å²) in [7, 11) is 0. The molecule has 0 radical (unpaired) electrons. The quantitative estimate of drug-likeness (QED) is 0.327. The largest absolute Gasteiger partial charge is 0.298 e. The molecule has 0 aliphatic carbocycles. The second-order valence-corrected chi connectivity index (χ2v) is 6.98. The Balaban J connectivity index is 1.72. The Hall–Kier alpha value is -2.74. The number of aromatic nitrogens is 1. The highest BCUT2D eigenvalue weighted by atomic mass is 35.5. The minimum atomic E-state index is -0.469. The number of halogens is 2. The van der Waals surface area contributed by atoms with Crippen LogP contribution < -0.4 is 5.32 Å². The van der Waals surface area contributed by atoms with Gasteiger partial charge in [0.05, 0.1) is 10.6 Å². The van der Waals surface area contributed by atoms with E-state index in [4.69, 9.17) is 23.2 Å². The Morgan fingerprint density at radius 2 is 1.89 bits per heavy atom. The fourth-order valence-corrected chi connectivity index (χ4v) is 3.46. The predicted molar refractivity (Wildman–Crippen MR) is 108 cm³/mol. The highest BCUT2D eigenvalue weighted by Gasteiger charge is 2.11. The summed E-state index contributed by atoms with van der Waals surface area (Å²) in [5.74, 6) is -0.397. The first-order valence-electron chi connectivity index (χ1n) is 7.57. The molecule has 0 unspecified atom stereocenters. The van der Waals surface area contributed by atoms with Gasteiger partial charge in [0.15, 0.2) is 5.13 Å². The topological polar surface area (TPSA) is 85.1 Å². The molecule has 0 saturated heterocycles. The highest BCUT2D eigenvalue weighted by molar-refractivity contribution is 7.14. The van der Waals surface area contributed by atoms with Crippen LogP contribution in [0.5, 0.6) is 0 Å². The first-order chi connectivity index (χ1) is 12.9. The van der Waals surface area contributed by atoms with E-state index in [1.165, 1.54) is 35.6 Å². The van der Waals surface area contributed by atoms with Crippen LogP contribution in [0.2, 0.25) is 10.0 Å². The first kappa shape index (κ1) is 19.0. The maximum atomic E-state index is 12.1. The van der Waals surface area contributed by atoms with Gasteiger partial charge in [-0.2, -0.15) is 0 Å². The lowest BCUT2D eigenvalue weighted by atomic mass is 10.1. The van der Waals surface area contributed by atoms with Crippen molar-refractivity contribution in [3.63, 3.8) is 0 Å². The van der Waals surface area contributed by atoms with E-state index < -0.39 is 10.8 Å². The molecule has 0 atom stereocenters. The molecule has 27 heavy (non-hydrogen) atoms. The zero-order chi connectivity index (χ0) is 19.4. The zero-order valence-electron chi connectivity index (χ0n) is 13.6. The van der Waals surface area contributed by atoms with E-state index in [1.54, 1.807) is 35.7 Å². The second-order valence-electron chi connectivity index (χ2n) is 5.30. The maximum Gasteiger partial charge on any atom is 0.270 e. The molecule has 1 heterocycles. The Bertz CT molecular complexity index is 1030. The number of non-ortho nitro benzene ring substituents is 1. The van der Waals surface area contributed by atoms with Crippen LogP contribution in [-0.4, -0.2) is 15.8 Å². The molecule has 1 aromatic heterocycles. The van der Waals surface area contributed by atoms with Gasteiger partial charge in [0.25, 0.3) is 5.69 Å². The molecule has 0 saturated carbocycles. The third-order valence-electron chi connectivity index (χ3n) is 3.49. The summed E-state index contributed by atoms with van der Waals surface area (Å²) in [5, 5.41) is 16.5. The number of thiazole rings is 1. The fourth-order valence-electron chi connectivity index (χ4n) is 2.22. The molecular formula is C18H11Cl2N3O3S. The summed E-state index contributed by atoms with van der Waals surface area (Å²) in [6, 6.07) is 11.2. The van der Waals surface area contributed by atoms with Crippen molar-refractivity contribution in [2.45, 2.75) is 0 Å². The summed E-state index contributed by atoms with van der Waals surface area (Å²) in [5.41, 5.74) is 1.66. The van der Waals surface area contributed by atoms with E-state index >= 15 is 0 Å². The van der Waals surface area contributed by atoms with Crippen molar-refractivity contribution in [2.75, 3.05) is 5.32 Å². The number of rotatable bonds is 5. The fraction of sp³-hybridized carbons (Fsp3) is 0. The summed E-state index contributed by atoms with van der Waals surface area (Å²) in [4.78, 5) is 26.8. The van der Waals surface area contributed by atoms with Crippen LogP contribution in [0, 0.1) is 10.1 Å². The van der Waals surface area contributed by atoms with Crippen molar-refractivity contribution in [1.82, 2.24) is 4.98 Å². The number of carbonyl (C=O) groups is 1. The van der Waals surface area contributed by atoms with E-state index in [-0.39, 0.29) is 5.69 Å². The van der Waals surface area contributed by atoms with Crippen LogP contribution in [0.15, 0.2) is 53.9 Å². The van der Waals surface area contributed by atoms with E-state index in [2.05, 4.69) is 10.3 Å². The zero-order valence-corrected chi connectivity index (χ0v) is 15.9. The Labute approximate surface area is 168 Å². The molecule has 136 valence electrons. The number of nitrogens with one attached hydrogen (secondary N) is 1. The number of benzene rings is 2. The number of hydrogen-bond donors (Lipinski definition) is 1. The molecule has 0 aliphatic heterocycles. The summed E-state index contributed by atoms with van der Waals surface area (Å²) in [6.07, 6.45) is 2.83. The van der Waals surface area contributed by atoms with Gasteiger partial charge in [-0.25, -0.2) is 4.98 Å².